The molecule has 0 radical (unpaired) electrons. The Kier molecular flexibility index (Phi) is 4.36. The zero-order valence-electron chi connectivity index (χ0n) is 12.2. The molecule has 1 N–H and O–H groups in total. The number of imidazole rings is 1. The maximum Gasteiger partial charge on any atom is 0.194 e. The molecule has 3 nitrogen and oxygen atoms in total. The van der Waals surface area contributed by atoms with Crippen molar-refractivity contribution in [1.82, 2.24) is 9.38 Å². The normalized spacial score (nSPS) is 12.9. The van der Waals surface area contributed by atoms with Gasteiger partial charge in [-0.25, -0.2) is 4.98 Å². The lowest BCUT2D eigenvalue weighted by Crippen LogP contribution is -2.02. The van der Waals surface area contributed by atoms with Crippen molar-refractivity contribution in [3.05, 3.63) is 58.9 Å². The fourth-order valence-corrected chi connectivity index (χ4v) is 3.52. The van der Waals surface area contributed by atoms with Gasteiger partial charge in [0.2, 0.25) is 0 Å². The van der Waals surface area contributed by atoms with Gasteiger partial charge in [0.05, 0.1) is 18.0 Å². The van der Waals surface area contributed by atoms with Crippen LogP contribution >= 0.6 is 11.3 Å². The molecule has 0 saturated carbocycles. The number of fused-ring (bicyclic) bond motifs is 1. The second-order valence-electron chi connectivity index (χ2n) is 5.43. The smallest absolute Gasteiger partial charge is 0.194 e. The standard InChI is InChI=1S/C17H20N2OS/c1-13-12-21-17-18-11-15(19(13)17)16(20)10-6-5-9-14-7-3-2-4-8-14/h2-4,7-8,11-12,16,20H,5-6,9-10H2,1H3. The molecule has 1 unspecified atom stereocenters. The van der Waals surface area contributed by atoms with E-state index in [9.17, 15) is 5.11 Å². The van der Waals surface area contributed by atoms with E-state index in [2.05, 4.69) is 46.0 Å². The zero-order chi connectivity index (χ0) is 14.7. The van der Waals surface area contributed by atoms with Crippen LogP contribution in [0.2, 0.25) is 0 Å². The van der Waals surface area contributed by atoms with Crippen LogP contribution in [0.3, 0.4) is 0 Å². The Morgan fingerprint density at radius 1 is 1.24 bits per heavy atom. The molecule has 2 aromatic heterocycles. The summed E-state index contributed by atoms with van der Waals surface area (Å²) in [7, 11) is 0. The molecule has 0 aliphatic heterocycles. The van der Waals surface area contributed by atoms with Gasteiger partial charge >= 0.3 is 0 Å². The van der Waals surface area contributed by atoms with Crippen molar-refractivity contribution >= 4 is 16.3 Å². The van der Waals surface area contributed by atoms with E-state index in [-0.39, 0.29) is 0 Å². The van der Waals surface area contributed by atoms with Gasteiger partial charge < -0.3 is 5.11 Å². The summed E-state index contributed by atoms with van der Waals surface area (Å²) in [6.45, 7) is 2.05. The van der Waals surface area contributed by atoms with Crippen LogP contribution in [0, 0.1) is 6.92 Å². The van der Waals surface area contributed by atoms with Crippen LogP contribution in [0.15, 0.2) is 41.9 Å². The van der Waals surface area contributed by atoms with E-state index in [4.69, 9.17) is 0 Å². The van der Waals surface area contributed by atoms with Crippen molar-refractivity contribution < 1.29 is 5.11 Å². The van der Waals surface area contributed by atoms with Crippen LogP contribution in [-0.2, 0) is 6.42 Å². The molecule has 0 spiro atoms. The lowest BCUT2D eigenvalue weighted by atomic mass is 10.0. The Labute approximate surface area is 128 Å². The first-order valence-electron chi connectivity index (χ1n) is 7.39. The van der Waals surface area contributed by atoms with Crippen molar-refractivity contribution in [2.45, 2.75) is 38.7 Å². The largest absolute Gasteiger partial charge is 0.387 e. The quantitative estimate of drug-likeness (QED) is 0.694. The maximum absolute atomic E-state index is 10.4. The van der Waals surface area contributed by atoms with Gasteiger partial charge in [-0.05, 0) is 31.7 Å². The molecule has 0 amide bonds. The summed E-state index contributed by atoms with van der Waals surface area (Å²) in [5, 5.41) is 12.5. The Morgan fingerprint density at radius 3 is 2.86 bits per heavy atom. The molecule has 110 valence electrons. The summed E-state index contributed by atoms with van der Waals surface area (Å²) in [6.07, 6.45) is 5.37. The van der Waals surface area contributed by atoms with E-state index in [1.54, 1.807) is 17.5 Å². The summed E-state index contributed by atoms with van der Waals surface area (Å²) < 4.78 is 2.06. The molecule has 0 fully saturated rings. The second kappa shape index (κ2) is 6.41. The highest BCUT2D eigenvalue weighted by Crippen LogP contribution is 2.25. The van der Waals surface area contributed by atoms with E-state index in [0.717, 1.165) is 42.0 Å². The van der Waals surface area contributed by atoms with Gasteiger partial charge in [0.15, 0.2) is 4.96 Å². The average Bonchev–Trinajstić information content (AvgIpc) is 3.08. The van der Waals surface area contributed by atoms with Crippen molar-refractivity contribution in [2.75, 3.05) is 0 Å². The number of rotatable bonds is 6. The molecule has 0 aliphatic carbocycles. The molecule has 0 aliphatic rings. The molecule has 0 saturated heterocycles. The molecule has 0 bridgehead atoms. The fraction of sp³-hybridized carbons (Fsp3) is 0.353. The van der Waals surface area contributed by atoms with Gasteiger partial charge in [0, 0.05) is 11.1 Å². The highest BCUT2D eigenvalue weighted by molar-refractivity contribution is 7.15. The van der Waals surface area contributed by atoms with Gasteiger partial charge in [0.1, 0.15) is 0 Å². The number of nitrogens with zero attached hydrogens (tertiary/aromatic N) is 2. The number of aliphatic hydroxyl groups is 1. The molecule has 4 heteroatoms. The molecular weight excluding hydrogens is 280 g/mol. The lowest BCUT2D eigenvalue weighted by molar-refractivity contribution is 0.158. The first-order valence-corrected chi connectivity index (χ1v) is 8.27. The molecule has 1 aromatic carbocycles. The van der Waals surface area contributed by atoms with Crippen LogP contribution < -0.4 is 0 Å². The van der Waals surface area contributed by atoms with E-state index >= 15 is 0 Å². The summed E-state index contributed by atoms with van der Waals surface area (Å²) >= 11 is 1.62. The molecule has 2 heterocycles. The molecule has 3 aromatic rings. The molecule has 3 rings (SSSR count). The molecule has 21 heavy (non-hydrogen) atoms. The number of aryl methyl sites for hydroxylation is 2. The number of unbranched alkanes of at least 4 members (excludes halogenated alkanes) is 1. The van der Waals surface area contributed by atoms with Crippen molar-refractivity contribution in [1.29, 1.82) is 0 Å². The molecule has 1 atom stereocenters. The Balaban J connectivity index is 1.54. The third-order valence-electron chi connectivity index (χ3n) is 3.82. The van der Waals surface area contributed by atoms with Crippen molar-refractivity contribution in [3.63, 3.8) is 0 Å². The maximum atomic E-state index is 10.4. The number of hydrogen-bond donors (Lipinski definition) is 1. The van der Waals surface area contributed by atoms with Gasteiger partial charge in [-0.2, -0.15) is 0 Å². The van der Waals surface area contributed by atoms with Gasteiger partial charge in [-0.3, -0.25) is 4.40 Å². The SMILES string of the molecule is Cc1csc2ncc(C(O)CCCCc3ccccc3)n12. The van der Waals surface area contributed by atoms with Crippen LogP contribution in [0.1, 0.15) is 42.3 Å². The number of aromatic nitrogens is 2. The van der Waals surface area contributed by atoms with E-state index in [1.165, 1.54) is 5.56 Å². The Hall–Kier alpha value is -1.65. The number of thiazole rings is 1. The summed E-state index contributed by atoms with van der Waals surface area (Å²) in [4.78, 5) is 5.32. The lowest BCUT2D eigenvalue weighted by Gasteiger charge is -2.10. The monoisotopic (exact) mass is 300 g/mol. The Morgan fingerprint density at radius 2 is 2.05 bits per heavy atom. The van der Waals surface area contributed by atoms with E-state index in [1.807, 2.05) is 6.07 Å². The van der Waals surface area contributed by atoms with Gasteiger partial charge in [0.25, 0.3) is 0 Å². The fourth-order valence-electron chi connectivity index (χ4n) is 2.67. The first-order chi connectivity index (χ1) is 10.3. The zero-order valence-corrected chi connectivity index (χ0v) is 13.0. The number of hydrogen-bond acceptors (Lipinski definition) is 3. The van der Waals surface area contributed by atoms with Crippen LogP contribution in [-0.4, -0.2) is 14.5 Å². The van der Waals surface area contributed by atoms with E-state index in [0.29, 0.717) is 0 Å². The van der Waals surface area contributed by atoms with Crippen LogP contribution in [0.4, 0.5) is 0 Å². The topological polar surface area (TPSA) is 37.5 Å². The highest BCUT2D eigenvalue weighted by Gasteiger charge is 2.15. The minimum atomic E-state index is -0.427. The minimum Gasteiger partial charge on any atom is -0.387 e. The predicted octanol–water partition coefficient (Wildman–Crippen LogP) is 4.15. The Bertz CT molecular complexity index is 702. The summed E-state index contributed by atoms with van der Waals surface area (Å²) in [5.74, 6) is 0. The van der Waals surface area contributed by atoms with Crippen LogP contribution in [0.25, 0.3) is 4.96 Å². The van der Waals surface area contributed by atoms with E-state index < -0.39 is 6.10 Å². The van der Waals surface area contributed by atoms with Crippen LogP contribution in [0.5, 0.6) is 0 Å². The van der Waals surface area contributed by atoms with Crippen molar-refractivity contribution in [2.24, 2.45) is 0 Å². The number of benzene rings is 1. The summed E-state index contributed by atoms with van der Waals surface area (Å²) in [6, 6.07) is 10.5. The third-order valence-corrected chi connectivity index (χ3v) is 4.78. The van der Waals surface area contributed by atoms with Gasteiger partial charge in [-0.15, -0.1) is 11.3 Å². The first kappa shape index (κ1) is 14.3. The highest BCUT2D eigenvalue weighted by atomic mass is 32.1. The minimum absolute atomic E-state index is 0.427. The van der Waals surface area contributed by atoms with Crippen molar-refractivity contribution in [3.8, 4) is 0 Å². The second-order valence-corrected chi connectivity index (χ2v) is 6.26. The summed E-state index contributed by atoms with van der Waals surface area (Å²) in [5.41, 5.74) is 3.43. The number of aliphatic hydroxyl groups excluding tert-OH is 1. The average molecular weight is 300 g/mol. The van der Waals surface area contributed by atoms with Gasteiger partial charge in [-0.1, -0.05) is 36.8 Å². The molecular formula is C17H20N2OS. The predicted molar refractivity (Wildman–Crippen MR) is 86.8 cm³/mol. The third kappa shape index (κ3) is 3.17.